The zero-order chi connectivity index (χ0) is 17.3. The molecule has 3 rings (SSSR count). The van der Waals surface area contributed by atoms with Crippen molar-refractivity contribution in [2.24, 2.45) is 5.92 Å². The standard InChI is InChI=1S/C18H27N3O3/c1-18(2,23)7-8-20-16-11-14(19)3-4-15(16)21(17(20)22)12-13-5-9-24-10-6-13/h3-4,11,13,23H,5-10,12,19H2,1-2H3. The van der Waals surface area contributed by atoms with Crippen molar-refractivity contribution >= 4 is 16.7 Å². The number of anilines is 1. The zero-order valence-electron chi connectivity index (χ0n) is 14.5. The minimum atomic E-state index is -0.811. The first-order chi connectivity index (χ1) is 11.3. The maximum atomic E-state index is 13.0. The lowest BCUT2D eigenvalue weighted by Gasteiger charge is -2.22. The first kappa shape index (κ1) is 17.0. The topological polar surface area (TPSA) is 82.4 Å². The molecule has 1 aliphatic rings. The predicted octanol–water partition coefficient (Wildman–Crippen LogP) is 1.97. The van der Waals surface area contributed by atoms with Crippen LogP contribution in [0.1, 0.15) is 33.1 Å². The van der Waals surface area contributed by atoms with E-state index in [9.17, 15) is 9.90 Å². The van der Waals surface area contributed by atoms with Gasteiger partial charge in [0.2, 0.25) is 0 Å². The Kier molecular flexibility index (Phi) is 4.69. The van der Waals surface area contributed by atoms with Crippen molar-refractivity contribution in [2.45, 2.75) is 51.8 Å². The fourth-order valence-electron chi connectivity index (χ4n) is 3.30. The third kappa shape index (κ3) is 3.65. The van der Waals surface area contributed by atoms with E-state index >= 15 is 0 Å². The van der Waals surface area contributed by atoms with E-state index in [0.29, 0.717) is 31.1 Å². The maximum Gasteiger partial charge on any atom is 0.329 e. The lowest BCUT2D eigenvalue weighted by molar-refractivity contribution is 0.0607. The number of nitrogen functional groups attached to an aromatic ring is 1. The highest BCUT2D eigenvalue weighted by atomic mass is 16.5. The first-order valence-electron chi connectivity index (χ1n) is 8.64. The van der Waals surface area contributed by atoms with Crippen molar-refractivity contribution in [3.63, 3.8) is 0 Å². The van der Waals surface area contributed by atoms with Crippen LogP contribution < -0.4 is 11.4 Å². The molecule has 1 aromatic heterocycles. The van der Waals surface area contributed by atoms with E-state index in [4.69, 9.17) is 10.5 Å². The van der Waals surface area contributed by atoms with Crippen LogP contribution in [0.2, 0.25) is 0 Å². The monoisotopic (exact) mass is 333 g/mol. The molecule has 0 saturated carbocycles. The quantitative estimate of drug-likeness (QED) is 0.820. The molecule has 0 unspecified atom stereocenters. The second-order valence-electron chi connectivity index (χ2n) is 7.41. The molecular weight excluding hydrogens is 306 g/mol. The van der Waals surface area contributed by atoms with Crippen molar-refractivity contribution in [1.82, 2.24) is 9.13 Å². The van der Waals surface area contributed by atoms with Gasteiger partial charge >= 0.3 is 5.69 Å². The van der Waals surface area contributed by atoms with Gasteiger partial charge in [-0.1, -0.05) is 0 Å². The van der Waals surface area contributed by atoms with Crippen LogP contribution in [0.5, 0.6) is 0 Å². The molecule has 0 radical (unpaired) electrons. The molecule has 2 heterocycles. The fourth-order valence-corrected chi connectivity index (χ4v) is 3.30. The fraction of sp³-hybridized carbons (Fsp3) is 0.611. The van der Waals surface area contributed by atoms with Gasteiger partial charge in [-0.15, -0.1) is 0 Å². The second kappa shape index (κ2) is 6.61. The molecule has 0 spiro atoms. The summed E-state index contributed by atoms with van der Waals surface area (Å²) in [5.41, 5.74) is 7.49. The smallest absolute Gasteiger partial charge is 0.329 e. The van der Waals surface area contributed by atoms with Crippen LogP contribution in [-0.4, -0.2) is 33.1 Å². The SMILES string of the molecule is CC(C)(O)CCn1c(=O)n(CC2CCOCC2)c2ccc(N)cc21. The number of hydrogen-bond donors (Lipinski definition) is 2. The first-order valence-corrected chi connectivity index (χ1v) is 8.64. The summed E-state index contributed by atoms with van der Waals surface area (Å²) in [5.74, 6) is 0.460. The third-order valence-electron chi connectivity index (χ3n) is 4.77. The van der Waals surface area contributed by atoms with E-state index in [2.05, 4.69) is 0 Å². The van der Waals surface area contributed by atoms with Crippen molar-refractivity contribution in [3.05, 3.63) is 28.7 Å². The summed E-state index contributed by atoms with van der Waals surface area (Å²) in [5, 5.41) is 10.0. The molecule has 3 N–H and O–H groups in total. The Labute approximate surface area is 141 Å². The predicted molar refractivity (Wildman–Crippen MR) is 95.1 cm³/mol. The Morgan fingerprint density at radius 3 is 2.62 bits per heavy atom. The highest BCUT2D eigenvalue weighted by Gasteiger charge is 2.21. The average Bonchev–Trinajstić information content (AvgIpc) is 2.77. The number of imidazole rings is 1. The number of rotatable bonds is 5. The van der Waals surface area contributed by atoms with Gasteiger partial charge in [-0.25, -0.2) is 4.79 Å². The van der Waals surface area contributed by atoms with Gasteiger partial charge in [0.15, 0.2) is 0 Å². The molecule has 6 nitrogen and oxygen atoms in total. The summed E-state index contributed by atoms with van der Waals surface area (Å²) in [6.45, 7) is 6.23. The number of aromatic nitrogens is 2. The van der Waals surface area contributed by atoms with Crippen LogP contribution in [0.25, 0.3) is 11.0 Å². The van der Waals surface area contributed by atoms with Crippen molar-refractivity contribution in [3.8, 4) is 0 Å². The number of aryl methyl sites for hydroxylation is 1. The average molecular weight is 333 g/mol. The van der Waals surface area contributed by atoms with Gasteiger partial charge < -0.3 is 15.6 Å². The van der Waals surface area contributed by atoms with Crippen LogP contribution >= 0.6 is 0 Å². The molecular formula is C18H27N3O3. The van der Waals surface area contributed by atoms with Crippen LogP contribution in [-0.2, 0) is 17.8 Å². The molecule has 2 aromatic rings. The summed E-state index contributed by atoms with van der Waals surface area (Å²) in [6.07, 6.45) is 2.48. The Morgan fingerprint density at radius 1 is 1.25 bits per heavy atom. The summed E-state index contributed by atoms with van der Waals surface area (Å²) >= 11 is 0. The van der Waals surface area contributed by atoms with Crippen LogP contribution in [0.15, 0.2) is 23.0 Å². The number of benzene rings is 1. The molecule has 0 bridgehead atoms. The van der Waals surface area contributed by atoms with E-state index in [-0.39, 0.29) is 5.69 Å². The Bertz CT molecular complexity index is 764. The number of aliphatic hydroxyl groups is 1. The Balaban J connectivity index is 1.98. The van der Waals surface area contributed by atoms with Gasteiger partial charge in [-0.2, -0.15) is 0 Å². The van der Waals surface area contributed by atoms with Gasteiger partial charge in [0, 0.05) is 32.0 Å². The summed E-state index contributed by atoms with van der Waals surface area (Å²) in [7, 11) is 0. The molecule has 0 atom stereocenters. The lowest BCUT2D eigenvalue weighted by atomic mass is 10.0. The van der Waals surface area contributed by atoms with Crippen molar-refractivity contribution in [1.29, 1.82) is 0 Å². The lowest BCUT2D eigenvalue weighted by Crippen LogP contribution is -2.31. The molecule has 132 valence electrons. The van der Waals surface area contributed by atoms with E-state index in [1.54, 1.807) is 18.4 Å². The van der Waals surface area contributed by atoms with Gasteiger partial charge in [0.05, 0.1) is 16.6 Å². The molecule has 1 saturated heterocycles. The normalized spacial score (nSPS) is 16.8. The van der Waals surface area contributed by atoms with Gasteiger partial charge in [0.1, 0.15) is 0 Å². The van der Waals surface area contributed by atoms with Gasteiger partial charge in [-0.05, 0) is 57.2 Å². The van der Waals surface area contributed by atoms with E-state index < -0.39 is 5.60 Å². The number of ether oxygens (including phenoxy) is 1. The minimum absolute atomic E-state index is 0.0219. The molecule has 0 amide bonds. The van der Waals surface area contributed by atoms with E-state index in [1.165, 1.54) is 0 Å². The molecule has 1 fully saturated rings. The molecule has 1 aliphatic heterocycles. The maximum absolute atomic E-state index is 13.0. The third-order valence-corrected chi connectivity index (χ3v) is 4.77. The van der Waals surface area contributed by atoms with Crippen molar-refractivity contribution < 1.29 is 9.84 Å². The molecule has 0 aliphatic carbocycles. The highest BCUT2D eigenvalue weighted by molar-refractivity contribution is 5.79. The largest absolute Gasteiger partial charge is 0.399 e. The number of hydrogen-bond acceptors (Lipinski definition) is 4. The molecule has 6 heteroatoms. The number of nitrogens with two attached hydrogens (primary N) is 1. The van der Waals surface area contributed by atoms with Crippen LogP contribution in [0.4, 0.5) is 5.69 Å². The Morgan fingerprint density at radius 2 is 1.96 bits per heavy atom. The summed E-state index contributed by atoms with van der Waals surface area (Å²) < 4.78 is 9.01. The highest BCUT2D eigenvalue weighted by Crippen LogP contribution is 2.22. The van der Waals surface area contributed by atoms with E-state index in [0.717, 1.165) is 37.1 Å². The summed E-state index contributed by atoms with van der Waals surface area (Å²) in [4.78, 5) is 13.0. The molecule has 24 heavy (non-hydrogen) atoms. The van der Waals surface area contributed by atoms with E-state index in [1.807, 2.05) is 22.8 Å². The van der Waals surface area contributed by atoms with Crippen LogP contribution in [0.3, 0.4) is 0 Å². The summed E-state index contributed by atoms with van der Waals surface area (Å²) in [6, 6.07) is 5.61. The Hall–Kier alpha value is -1.79. The molecule has 1 aromatic carbocycles. The number of nitrogens with zero attached hydrogens (tertiary/aromatic N) is 2. The van der Waals surface area contributed by atoms with Gasteiger partial charge in [-0.3, -0.25) is 9.13 Å². The van der Waals surface area contributed by atoms with Crippen molar-refractivity contribution in [2.75, 3.05) is 18.9 Å². The number of fused-ring (bicyclic) bond motifs is 1. The zero-order valence-corrected chi connectivity index (χ0v) is 14.5. The van der Waals surface area contributed by atoms with Gasteiger partial charge in [0.25, 0.3) is 0 Å². The second-order valence-corrected chi connectivity index (χ2v) is 7.41. The van der Waals surface area contributed by atoms with Crippen LogP contribution in [0, 0.1) is 5.92 Å². The minimum Gasteiger partial charge on any atom is -0.399 e.